The van der Waals surface area contributed by atoms with Crippen molar-refractivity contribution >= 4 is 0 Å². The van der Waals surface area contributed by atoms with Crippen molar-refractivity contribution in [1.82, 2.24) is 0 Å². The average Bonchev–Trinajstić information content (AvgIpc) is 2.25. The quantitative estimate of drug-likeness (QED) is 0.500. The topological polar surface area (TPSA) is 18.5 Å². The van der Waals surface area contributed by atoms with E-state index in [1.54, 1.807) is 0 Å². The van der Waals surface area contributed by atoms with Gasteiger partial charge in [0.25, 0.3) is 0 Å². The molecule has 0 bridgehead atoms. The van der Waals surface area contributed by atoms with Crippen LogP contribution in [-0.2, 0) is 9.47 Å². The molecular weight excluding hydrogens is 176 g/mol. The van der Waals surface area contributed by atoms with Crippen LogP contribution in [0.3, 0.4) is 0 Å². The lowest BCUT2D eigenvalue weighted by Crippen LogP contribution is -2.38. The van der Waals surface area contributed by atoms with Gasteiger partial charge >= 0.3 is 0 Å². The van der Waals surface area contributed by atoms with Crippen LogP contribution in [0.15, 0.2) is 0 Å². The summed E-state index contributed by atoms with van der Waals surface area (Å²) in [4.78, 5) is 0. The molecule has 0 saturated heterocycles. The van der Waals surface area contributed by atoms with Crippen molar-refractivity contribution in [1.29, 1.82) is 0 Å². The monoisotopic (exact) mass is 192 g/mol. The van der Waals surface area contributed by atoms with Gasteiger partial charge in [0, 0.05) is 12.8 Å². The van der Waals surface area contributed by atoms with Gasteiger partial charge in [-0.05, 0) is 12.8 Å². The fourth-order valence-corrected chi connectivity index (χ4v) is 1.77. The minimum Gasteiger partial charge on any atom is -0.337 e. The molecule has 1 saturated carbocycles. The molecule has 2 nitrogen and oxygen atoms in total. The van der Waals surface area contributed by atoms with Gasteiger partial charge in [-0.2, -0.15) is 0 Å². The van der Waals surface area contributed by atoms with Gasteiger partial charge in [-0.15, -0.1) is 12.8 Å². The second kappa shape index (κ2) is 5.70. The van der Waals surface area contributed by atoms with E-state index >= 15 is 0 Å². The summed E-state index contributed by atoms with van der Waals surface area (Å²) in [5, 5.41) is 0. The lowest BCUT2D eigenvalue weighted by molar-refractivity contribution is -0.239. The van der Waals surface area contributed by atoms with Crippen molar-refractivity contribution < 1.29 is 9.47 Å². The number of hydrogen-bond donors (Lipinski definition) is 0. The van der Waals surface area contributed by atoms with Gasteiger partial charge in [-0.25, -0.2) is 0 Å². The van der Waals surface area contributed by atoms with Crippen LogP contribution >= 0.6 is 0 Å². The molecule has 0 aromatic rings. The predicted molar refractivity (Wildman–Crippen MR) is 55.4 cm³/mol. The highest BCUT2D eigenvalue weighted by molar-refractivity contribution is 4.88. The zero-order valence-corrected chi connectivity index (χ0v) is 8.42. The molecule has 0 atom stereocenters. The molecule has 0 aromatic carbocycles. The van der Waals surface area contributed by atoms with E-state index in [1.807, 2.05) is 0 Å². The number of ether oxygens (including phenoxy) is 2. The molecule has 1 aliphatic carbocycles. The molecule has 0 amide bonds. The van der Waals surface area contributed by atoms with Crippen molar-refractivity contribution in [3.8, 4) is 24.7 Å². The van der Waals surface area contributed by atoms with Gasteiger partial charge in [0.05, 0.1) is 0 Å². The summed E-state index contributed by atoms with van der Waals surface area (Å²) in [7, 11) is 0. The molecule has 0 unspecified atom stereocenters. The third-order valence-electron chi connectivity index (χ3n) is 2.45. The first kappa shape index (κ1) is 11.1. The Hall–Kier alpha value is -0.960. The third-order valence-corrected chi connectivity index (χ3v) is 2.45. The van der Waals surface area contributed by atoms with Crippen LogP contribution in [0.1, 0.15) is 32.1 Å². The van der Waals surface area contributed by atoms with Crippen LogP contribution in [-0.4, -0.2) is 19.0 Å². The van der Waals surface area contributed by atoms with Gasteiger partial charge in [0.2, 0.25) is 0 Å². The van der Waals surface area contributed by atoms with Gasteiger partial charge in [0.15, 0.2) is 5.79 Å². The fraction of sp³-hybridized carbons (Fsp3) is 0.667. The minimum atomic E-state index is -0.503. The Labute approximate surface area is 86.0 Å². The molecular formula is C12H16O2. The minimum absolute atomic E-state index is 0.296. The molecule has 0 spiro atoms. The van der Waals surface area contributed by atoms with E-state index < -0.39 is 5.79 Å². The second-order valence-corrected chi connectivity index (χ2v) is 3.46. The average molecular weight is 192 g/mol. The highest BCUT2D eigenvalue weighted by Crippen LogP contribution is 2.32. The fourth-order valence-electron chi connectivity index (χ4n) is 1.77. The van der Waals surface area contributed by atoms with Crippen molar-refractivity contribution in [3.05, 3.63) is 0 Å². The first-order valence-corrected chi connectivity index (χ1v) is 4.98. The van der Waals surface area contributed by atoms with E-state index in [0.29, 0.717) is 13.2 Å². The summed E-state index contributed by atoms with van der Waals surface area (Å²) in [6.07, 6.45) is 15.6. The molecule has 0 radical (unpaired) electrons. The van der Waals surface area contributed by atoms with E-state index in [2.05, 4.69) is 11.8 Å². The molecule has 0 aliphatic heterocycles. The van der Waals surface area contributed by atoms with Gasteiger partial charge < -0.3 is 9.47 Å². The van der Waals surface area contributed by atoms with Crippen LogP contribution in [0.5, 0.6) is 0 Å². The van der Waals surface area contributed by atoms with E-state index in [-0.39, 0.29) is 0 Å². The van der Waals surface area contributed by atoms with Crippen LogP contribution in [0.25, 0.3) is 0 Å². The Bertz CT molecular complexity index is 218. The molecule has 14 heavy (non-hydrogen) atoms. The van der Waals surface area contributed by atoms with Crippen molar-refractivity contribution in [2.75, 3.05) is 13.2 Å². The smallest absolute Gasteiger partial charge is 0.170 e. The molecule has 2 heteroatoms. The maximum absolute atomic E-state index is 5.57. The van der Waals surface area contributed by atoms with E-state index in [0.717, 1.165) is 25.7 Å². The van der Waals surface area contributed by atoms with Crippen molar-refractivity contribution in [2.45, 2.75) is 37.9 Å². The summed E-state index contributed by atoms with van der Waals surface area (Å²) >= 11 is 0. The third kappa shape index (κ3) is 3.07. The van der Waals surface area contributed by atoms with Gasteiger partial charge in [-0.1, -0.05) is 18.3 Å². The first-order chi connectivity index (χ1) is 6.83. The normalized spacial score (nSPS) is 19.6. The molecule has 0 N–H and O–H groups in total. The lowest BCUT2D eigenvalue weighted by atomic mass is 9.94. The zero-order valence-electron chi connectivity index (χ0n) is 8.42. The summed E-state index contributed by atoms with van der Waals surface area (Å²) in [6, 6.07) is 0. The van der Waals surface area contributed by atoms with Crippen LogP contribution in [0.2, 0.25) is 0 Å². The zero-order chi connectivity index (χ0) is 10.3. The van der Waals surface area contributed by atoms with Crippen molar-refractivity contribution in [2.24, 2.45) is 0 Å². The lowest BCUT2D eigenvalue weighted by Gasteiger charge is -2.35. The Morgan fingerprint density at radius 2 is 1.43 bits per heavy atom. The Morgan fingerprint density at radius 1 is 0.929 bits per heavy atom. The van der Waals surface area contributed by atoms with Crippen LogP contribution < -0.4 is 0 Å². The largest absolute Gasteiger partial charge is 0.337 e. The first-order valence-electron chi connectivity index (χ1n) is 4.98. The Balaban J connectivity index is 2.49. The molecule has 0 aromatic heterocycles. The molecule has 1 aliphatic rings. The molecule has 76 valence electrons. The standard InChI is InChI=1S/C12H16O2/c1-3-10-13-12(14-11-4-2)8-6-5-7-9-12/h1-2H,5-11H2. The maximum Gasteiger partial charge on any atom is 0.170 e. The highest BCUT2D eigenvalue weighted by atomic mass is 16.7. The van der Waals surface area contributed by atoms with Gasteiger partial charge in [-0.3, -0.25) is 0 Å². The van der Waals surface area contributed by atoms with E-state index in [1.165, 1.54) is 6.42 Å². The number of terminal acetylenes is 2. The Morgan fingerprint density at radius 3 is 1.86 bits per heavy atom. The molecule has 1 rings (SSSR count). The number of hydrogen-bond acceptors (Lipinski definition) is 2. The number of rotatable bonds is 4. The second-order valence-electron chi connectivity index (χ2n) is 3.46. The van der Waals surface area contributed by atoms with Gasteiger partial charge in [0.1, 0.15) is 13.2 Å². The molecule has 0 heterocycles. The van der Waals surface area contributed by atoms with Crippen LogP contribution in [0.4, 0.5) is 0 Å². The summed E-state index contributed by atoms with van der Waals surface area (Å²) < 4.78 is 11.1. The Kier molecular flexibility index (Phi) is 4.53. The molecule has 1 fully saturated rings. The van der Waals surface area contributed by atoms with E-state index in [4.69, 9.17) is 22.3 Å². The maximum atomic E-state index is 5.57. The SMILES string of the molecule is C#CCOC1(OCC#C)CCCCC1. The van der Waals surface area contributed by atoms with E-state index in [9.17, 15) is 0 Å². The van der Waals surface area contributed by atoms with Crippen LogP contribution in [0, 0.1) is 24.7 Å². The predicted octanol–water partition coefficient (Wildman–Crippen LogP) is 1.95. The van der Waals surface area contributed by atoms with Crippen molar-refractivity contribution in [3.63, 3.8) is 0 Å². The summed E-state index contributed by atoms with van der Waals surface area (Å²) in [5.41, 5.74) is 0. The summed E-state index contributed by atoms with van der Waals surface area (Å²) in [5.74, 6) is 4.42. The summed E-state index contributed by atoms with van der Waals surface area (Å²) in [6.45, 7) is 0.592. The highest BCUT2D eigenvalue weighted by Gasteiger charge is 2.33.